The lowest BCUT2D eigenvalue weighted by Crippen LogP contribution is -2.35. The van der Waals surface area contributed by atoms with Gasteiger partial charge in [0.25, 0.3) is 5.56 Å². The van der Waals surface area contributed by atoms with E-state index in [9.17, 15) is 9.59 Å². The van der Waals surface area contributed by atoms with Crippen LogP contribution in [0.4, 0.5) is 0 Å². The number of aryl methyl sites for hydroxylation is 2. The number of nitrogens with zero attached hydrogens (tertiary/aromatic N) is 2. The molecule has 2 aromatic heterocycles. The minimum absolute atomic E-state index is 0.00499. The Hall–Kier alpha value is -2.43. The average Bonchev–Trinajstić information content (AvgIpc) is 2.46. The zero-order valence-corrected chi connectivity index (χ0v) is 13.9. The first-order chi connectivity index (χ1) is 11.0. The number of carbonyl (C=O) groups excluding carboxylic acids is 1. The van der Waals surface area contributed by atoms with Crippen molar-refractivity contribution < 1.29 is 4.79 Å². The van der Waals surface area contributed by atoms with Gasteiger partial charge in [0.1, 0.15) is 0 Å². The first-order valence-corrected chi connectivity index (χ1v) is 7.84. The van der Waals surface area contributed by atoms with Crippen molar-refractivity contribution in [2.45, 2.75) is 46.2 Å². The highest BCUT2D eigenvalue weighted by molar-refractivity contribution is 5.76. The number of hydrogen-bond acceptors (Lipinski definition) is 3. The molecule has 23 heavy (non-hydrogen) atoms. The van der Waals surface area contributed by atoms with Crippen LogP contribution in [-0.4, -0.2) is 21.5 Å². The highest BCUT2D eigenvalue weighted by Gasteiger charge is 2.10. The minimum atomic E-state index is -0.0743. The van der Waals surface area contributed by atoms with Crippen LogP contribution in [0.1, 0.15) is 30.4 Å². The van der Waals surface area contributed by atoms with Gasteiger partial charge in [0.15, 0.2) is 0 Å². The van der Waals surface area contributed by atoms with Gasteiger partial charge in [-0.05, 0) is 39.0 Å². The lowest BCUT2D eigenvalue weighted by atomic mass is 10.1. The second-order valence-corrected chi connectivity index (χ2v) is 5.85. The number of pyridine rings is 2. The molecule has 5 heteroatoms. The lowest BCUT2D eigenvalue weighted by Gasteiger charge is -2.15. The Morgan fingerprint density at radius 3 is 2.65 bits per heavy atom. The molecule has 2 rings (SSSR count). The lowest BCUT2D eigenvalue weighted by molar-refractivity contribution is -0.121. The van der Waals surface area contributed by atoms with Gasteiger partial charge < -0.3 is 9.88 Å². The number of nitrogens with one attached hydrogen (secondary N) is 1. The van der Waals surface area contributed by atoms with E-state index in [1.807, 2.05) is 45.0 Å². The fourth-order valence-electron chi connectivity index (χ4n) is 2.55. The van der Waals surface area contributed by atoms with E-state index in [1.165, 1.54) is 6.07 Å². The summed E-state index contributed by atoms with van der Waals surface area (Å²) >= 11 is 0. The van der Waals surface area contributed by atoms with Gasteiger partial charge in [-0.1, -0.05) is 12.1 Å². The second-order valence-electron chi connectivity index (χ2n) is 5.85. The van der Waals surface area contributed by atoms with E-state index in [4.69, 9.17) is 0 Å². The predicted molar refractivity (Wildman–Crippen MR) is 90.3 cm³/mol. The highest BCUT2D eigenvalue weighted by atomic mass is 16.2. The van der Waals surface area contributed by atoms with Crippen molar-refractivity contribution in [3.8, 4) is 0 Å². The van der Waals surface area contributed by atoms with Gasteiger partial charge in [-0.2, -0.15) is 0 Å². The maximum Gasteiger partial charge on any atom is 0.250 e. The van der Waals surface area contributed by atoms with E-state index >= 15 is 0 Å². The van der Waals surface area contributed by atoms with Gasteiger partial charge in [0, 0.05) is 48.6 Å². The molecule has 0 fully saturated rings. The summed E-state index contributed by atoms with van der Waals surface area (Å²) in [5.74, 6) is -0.0553. The summed E-state index contributed by atoms with van der Waals surface area (Å²) in [6.07, 6.45) is 0.980. The summed E-state index contributed by atoms with van der Waals surface area (Å²) in [5, 5.41) is 2.96. The predicted octanol–water partition coefficient (Wildman–Crippen LogP) is 2.00. The standard InChI is InChI=1S/C18H23N3O2/c1-13-6-4-8-16(19-13)12-14(2)20-17(22)10-11-21-15(3)7-5-9-18(21)23/h4-9,14H,10-12H2,1-3H3,(H,20,22). The maximum absolute atomic E-state index is 12.1. The Morgan fingerprint density at radius 1 is 1.22 bits per heavy atom. The molecule has 0 aliphatic rings. The van der Waals surface area contributed by atoms with Crippen molar-refractivity contribution in [1.29, 1.82) is 0 Å². The van der Waals surface area contributed by atoms with E-state index in [0.29, 0.717) is 13.0 Å². The Kier molecular flexibility index (Phi) is 5.68. The summed E-state index contributed by atoms with van der Waals surface area (Å²) in [6, 6.07) is 11.0. The van der Waals surface area contributed by atoms with Gasteiger partial charge in [-0.3, -0.25) is 14.6 Å². The number of aromatic nitrogens is 2. The molecule has 0 aliphatic heterocycles. The molecule has 5 nitrogen and oxygen atoms in total. The molecule has 0 bridgehead atoms. The molecule has 1 amide bonds. The number of rotatable bonds is 6. The van der Waals surface area contributed by atoms with E-state index in [0.717, 1.165) is 17.1 Å². The Labute approximate surface area is 136 Å². The van der Waals surface area contributed by atoms with Gasteiger partial charge in [0.05, 0.1) is 0 Å². The number of amides is 1. The fourth-order valence-corrected chi connectivity index (χ4v) is 2.55. The quantitative estimate of drug-likeness (QED) is 0.887. The van der Waals surface area contributed by atoms with Crippen molar-refractivity contribution in [2.24, 2.45) is 0 Å². The normalized spacial score (nSPS) is 12.0. The average molecular weight is 313 g/mol. The van der Waals surface area contributed by atoms with Crippen LogP contribution in [0.25, 0.3) is 0 Å². The Balaban J connectivity index is 1.86. The zero-order valence-electron chi connectivity index (χ0n) is 13.9. The van der Waals surface area contributed by atoms with E-state index in [1.54, 1.807) is 10.6 Å². The second kappa shape index (κ2) is 7.72. The fraction of sp³-hybridized carbons (Fsp3) is 0.389. The molecule has 2 aromatic rings. The monoisotopic (exact) mass is 313 g/mol. The van der Waals surface area contributed by atoms with Crippen molar-refractivity contribution in [3.05, 3.63) is 63.8 Å². The van der Waals surface area contributed by atoms with Crippen LogP contribution in [-0.2, 0) is 17.8 Å². The largest absolute Gasteiger partial charge is 0.353 e. The molecule has 0 radical (unpaired) electrons. The van der Waals surface area contributed by atoms with Crippen LogP contribution in [0.3, 0.4) is 0 Å². The van der Waals surface area contributed by atoms with Crippen LogP contribution in [0.15, 0.2) is 41.2 Å². The molecule has 2 heterocycles. The van der Waals surface area contributed by atoms with Gasteiger partial charge in [0.2, 0.25) is 5.91 Å². The first kappa shape index (κ1) is 16.9. The van der Waals surface area contributed by atoms with Crippen LogP contribution >= 0.6 is 0 Å². The topological polar surface area (TPSA) is 64.0 Å². The third kappa shape index (κ3) is 5.06. The first-order valence-electron chi connectivity index (χ1n) is 7.84. The smallest absolute Gasteiger partial charge is 0.250 e. The molecule has 122 valence electrons. The van der Waals surface area contributed by atoms with Crippen molar-refractivity contribution in [1.82, 2.24) is 14.9 Å². The number of carbonyl (C=O) groups is 1. The third-order valence-electron chi connectivity index (χ3n) is 3.70. The van der Waals surface area contributed by atoms with Gasteiger partial charge in [-0.15, -0.1) is 0 Å². The van der Waals surface area contributed by atoms with Crippen LogP contribution < -0.4 is 10.9 Å². The van der Waals surface area contributed by atoms with Crippen molar-refractivity contribution in [3.63, 3.8) is 0 Å². The third-order valence-corrected chi connectivity index (χ3v) is 3.70. The molecule has 0 aromatic carbocycles. The van der Waals surface area contributed by atoms with E-state index in [2.05, 4.69) is 10.3 Å². The summed E-state index contributed by atoms with van der Waals surface area (Å²) in [6.45, 7) is 6.17. The van der Waals surface area contributed by atoms with Crippen molar-refractivity contribution in [2.75, 3.05) is 0 Å². The summed E-state index contributed by atoms with van der Waals surface area (Å²) < 4.78 is 1.62. The Morgan fingerprint density at radius 2 is 1.96 bits per heavy atom. The molecule has 1 atom stereocenters. The summed E-state index contributed by atoms with van der Waals surface area (Å²) in [4.78, 5) is 28.3. The molecular formula is C18H23N3O2. The SMILES string of the molecule is Cc1cccc(CC(C)NC(=O)CCn2c(C)cccc2=O)n1. The van der Waals surface area contributed by atoms with Gasteiger partial charge in [-0.25, -0.2) is 0 Å². The molecule has 1 unspecified atom stereocenters. The van der Waals surface area contributed by atoms with Crippen LogP contribution in [0, 0.1) is 13.8 Å². The minimum Gasteiger partial charge on any atom is -0.353 e. The van der Waals surface area contributed by atoms with Crippen LogP contribution in [0.5, 0.6) is 0 Å². The zero-order chi connectivity index (χ0) is 16.8. The van der Waals surface area contributed by atoms with Crippen molar-refractivity contribution >= 4 is 5.91 Å². The van der Waals surface area contributed by atoms with E-state index in [-0.39, 0.29) is 23.9 Å². The number of hydrogen-bond donors (Lipinski definition) is 1. The molecule has 0 saturated carbocycles. The van der Waals surface area contributed by atoms with Crippen LogP contribution in [0.2, 0.25) is 0 Å². The molecule has 1 N–H and O–H groups in total. The summed E-state index contributed by atoms with van der Waals surface area (Å²) in [5.41, 5.74) is 2.73. The molecule has 0 spiro atoms. The molecule has 0 saturated heterocycles. The van der Waals surface area contributed by atoms with E-state index < -0.39 is 0 Å². The van der Waals surface area contributed by atoms with Gasteiger partial charge >= 0.3 is 0 Å². The summed E-state index contributed by atoms with van der Waals surface area (Å²) in [7, 11) is 0. The Bertz CT molecular complexity index is 737. The maximum atomic E-state index is 12.1. The molecule has 0 aliphatic carbocycles. The molecular weight excluding hydrogens is 290 g/mol. The highest BCUT2D eigenvalue weighted by Crippen LogP contribution is 2.03.